The summed E-state index contributed by atoms with van der Waals surface area (Å²) in [7, 11) is 0. The Kier molecular flexibility index (Phi) is 18.6. The summed E-state index contributed by atoms with van der Waals surface area (Å²) in [6.07, 6.45) is 22.5. The minimum Gasteiger partial charge on any atom is -0.507 e. The summed E-state index contributed by atoms with van der Waals surface area (Å²) in [5.41, 5.74) is 2.27. The third-order valence-corrected chi connectivity index (χ3v) is 8.39. The van der Waals surface area contributed by atoms with Crippen molar-refractivity contribution in [3.63, 3.8) is 0 Å². The quantitative estimate of drug-likeness (QED) is 0.128. The number of aliphatic carboxylic acids is 1. The van der Waals surface area contributed by atoms with E-state index >= 15 is 0 Å². The van der Waals surface area contributed by atoms with Gasteiger partial charge in [-0.3, -0.25) is 4.79 Å². The molecular weight excluding hydrogens is 508 g/mol. The molecule has 0 aromatic heterocycles. The topological polar surface area (TPSA) is 66.8 Å². The fourth-order valence-corrected chi connectivity index (χ4v) is 5.71. The number of unbranched alkanes of at least 4 members (excludes halogenated alkanes) is 15. The van der Waals surface area contributed by atoms with Crippen molar-refractivity contribution in [3.8, 4) is 5.75 Å². The molecule has 2 N–H and O–H groups in total. The van der Waals surface area contributed by atoms with Crippen LogP contribution in [0, 0.1) is 0 Å². The van der Waals surface area contributed by atoms with Crippen LogP contribution in [0.4, 0.5) is 0 Å². The number of rotatable bonds is 23. The van der Waals surface area contributed by atoms with Crippen LogP contribution in [0.15, 0.2) is 12.1 Å². The molecule has 1 aromatic carbocycles. The number of hydrogen-bond donors (Lipinski definition) is 2. The van der Waals surface area contributed by atoms with Gasteiger partial charge in [-0.1, -0.05) is 157 Å². The number of hydrogen-bond acceptors (Lipinski definition) is 3. The number of ether oxygens (including phenoxy) is 1. The van der Waals surface area contributed by atoms with Gasteiger partial charge in [-0.2, -0.15) is 0 Å². The van der Waals surface area contributed by atoms with Crippen molar-refractivity contribution in [2.24, 2.45) is 0 Å². The van der Waals surface area contributed by atoms with Crippen LogP contribution in [-0.2, 0) is 20.4 Å². The highest BCUT2D eigenvalue weighted by molar-refractivity contribution is 5.68. The Labute approximate surface area is 254 Å². The zero-order valence-electron chi connectivity index (χ0n) is 28.1. The fraction of sp³-hybridized carbons (Fsp3) is 0.811. The Morgan fingerprint density at radius 3 is 1.44 bits per heavy atom. The van der Waals surface area contributed by atoms with E-state index in [1.807, 2.05) is 12.1 Å². The second-order valence-corrected chi connectivity index (χ2v) is 14.5. The van der Waals surface area contributed by atoms with Crippen molar-refractivity contribution in [2.75, 3.05) is 13.2 Å². The molecule has 1 atom stereocenters. The average Bonchev–Trinajstić information content (AvgIpc) is 2.88. The van der Waals surface area contributed by atoms with Crippen molar-refractivity contribution in [3.05, 3.63) is 28.8 Å². The monoisotopic (exact) mass is 574 g/mol. The van der Waals surface area contributed by atoms with Gasteiger partial charge in [0.25, 0.3) is 0 Å². The Balaban J connectivity index is 2.31. The highest BCUT2D eigenvalue weighted by atomic mass is 16.5. The van der Waals surface area contributed by atoms with E-state index in [2.05, 4.69) is 48.5 Å². The molecule has 1 aromatic rings. The second-order valence-electron chi connectivity index (χ2n) is 14.5. The first kappa shape index (κ1) is 37.5. The van der Waals surface area contributed by atoms with Crippen LogP contribution >= 0.6 is 0 Å². The predicted octanol–water partition coefficient (Wildman–Crippen LogP) is 11.2. The molecule has 0 spiro atoms. The molecule has 4 heteroatoms. The van der Waals surface area contributed by atoms with Gasteiger partial charge in [0.05, 0.1) is 6.42 Å². The minimum absolute atomic E-state index is 0.0698. The van der Waals surface area contributed by atoms with Gasteiger partial charge in [-0.25, -0.2) is 0 Å². The van der Waals surface area contributed by atoms with Crippen molar-refractivity contribution in [2.45, 2.75) is 181 Å². The second kappa shape index (κ2) is 20.4. The number of aromatic hydroxyl groups is 1. The summed E-state index contributed by atoms with van der Waals surface area (Å²) >= 11 is 0. The maximum absolute atomic E-state index is 11.7. The summed E-state index contributed by atoms with van der Waals surface area (Å²) in [6, 6.07) is 4.04. The van der Waals surface area contributed by atoms with Gasteiger partial charge in [0.1, 0.15) is 5.75 Å². The smallest absolute Gasteiger partial charge is 0.303 e. The zero-order chi connectivity index (χ0) is 30.7. The average molecular weight is 575 g/mol. The molecular formula is C37H66O4. The maximum atomic E-state index is 11.7. The number of carboxylic acids is 1. The predicted molar refractivity (Wildman–Crippen MR) is 175 cm³/mol. The van der Waals surface area contributed by atoms with E-state index in [-0.39, 0.29) is 23.2 Å². The third kappa shape index (κ3) is 16.6. The molecule has 1 rings (SSSR count). The Bertz CT molecular complexity index is 795. The Morgan fingerprint density at radius 2 is 1.07 bits per heavy atom. The van der Waals surface area contributed by atoms with Crippen molar-refractivity contribution >= 4 is 5.97 Å². The molecule has 0 aliphatic heterocycles. The summed E-state index contributed by atoms with van der Waals surface area (Å²) in [6.45, 7) is 16.1. The van der Waals surface area contributed by atoms with Gasteiger partial charge in [0.15, 0.2) is 0 Å². The first-order valence-corrected chi connectivity index (χ1v) is 17.0. The molecule has 0 heterocycles. The van der Waals surface area contributed by atoms with E-state index in [9.17, 15) is 15.0 Å². The number of carboxylic acid groups (broad SMARTS) is 1. The van der Waals surface area contributed by atoms with E-state index in [0.29, 0.717) is 18.8 Å². The molecule has 0 radical (unpaired) electrons. The highest BCUT2D eigenvalue weighted by Crippen LogP contribution is 2.42. The fourth-order valence-electron chi connectivity index (χ4n) is 5.71. The molecule has 41 heavy (non-hydrogen) atoms. The lowest BCUT2D eigenvalue weighted by Crippen LogP contribution is -2.19. The molecule has 1 unspecified atom stereocenters. The molecule has 238 valence electrons. The lowest BCUT2D eigenvalue weighted by molar-refractivity contribution is -0.137. The first-order valence-electron chi connectivity index (χ1n) is 17.0. The molecule has 0 aliphatic rings. The number of phenols is 1. The van der Waals surface area contributed by atoms with Gasteiger partial charge >= 0.3 is 5.97 Å². The van der Waals surface area contributed by atoms with Crippen molar-refractivity contribution in [1.29, 1.82) is 0 Å². The molecule has 4 nitrogen and oxygen atoms in total. The SMILES string of the molecule is CCCCCCCCCCCCCCCCCCOCCC(CC(=O)O)c1cc(C(C)(C)C)c(O)c(C(C)(C)C)c1. The van der Waals surface area contributed by atoms with Gasteiger partial charge in [-0.15, -0.1) is 0 Å². The van der Waals surface area contributed by atoms with E-state index in [1.54, 1.807) is 0 Å². The summed E-state index contributed by atoms with van der Waals surface area (Å²) in [5.74, 6) is -0.598. The summed E-state index contributed by atoms with van der Waals surface area (Å²) < 4.78 is 5.96. The number of phenolic OH excluding ortho intramolecular Hbond substituents is 1. The molecule has 0 bridgehead atoms. The van der Waals surface area contributed by atoms with E-state index in [1.165, 1.54) is 96.3 Å². The number of carbonyl (C=O) groups is 1. The first-order chi connectivity index (χ1) is 19.4. The van der Waals surface area contributed by atoms with Crippen molar-refractivity contribution < 1.29 is 19.7 Å². The summed E-state index contributed by atoms with van der Waals surface area (Å²) in [4.78, 5) is 11.7. The molecule has 0 aliphatic carbocycles. The van der Waals surface area contributed by atoms with Crippen LogP contribution in [0.5, 0.6) is 5.75 Å². The Hall–Kier alpha value is -1.55. The van der Waals surface area contributed by atoms with Crippen LogP contribution < -0.4 is 0 Å². The Morgan fingerprint density at radius 1 is 0.683 bits per heavy atom. The van der Waals surface area contributed by atoms with Crippen LogP contribution in [0.25, 0.3) is 0 Å². The van der Waals surface area contributed by atoms with Crippen LogP contribution in [-0.4, -0.2) is 29.4 Å². The van der Waals surface area contributed by atoms with Gasteiger partial charge in [0.2, 0.25) is 0 Å². The van der Waals surface area contributed by atoms with E-state index < -0.39 is 5.97 Å². The zero-order valence-corrected chi connectivity index (χ0v) is 28.1. The van der Waals surface area contributed by atoms with Crippen LogP contribution in [0.3, 0.4) is 0 Å². The normalized spacial score (nSPS) is 13.0. The van der Waals surface area contributed by atoms with Gasteiger partial charge in [0, 0.05) is 13.2 Å². The molecule has 0 fully saturated rings. The maximum Gasteiger partial charge on any atom is 0.303 e. The van der Waals surface area contributed by atoms with Crippen LogP contribution in [0.1, 0.15) is 187 Å². The van der Waals surface area contributed by atoms with Crippen molar-refractivity contribution in [1.82, 2.24) is 0 Å². The summed E-state index contributed by atoms with van der Waals surface area (Å²) in [5, 5.41) is 20.7. The largest absolute Gasteiger partial charge is 0.507 e. The number of benzene rings is 1. The van der Waals surface area contributed by atoms with E-state index in [4.69, 9.17) is 4.74 Å². The lowest BCUT2D eigenvalue weighted by atomic mass is 9.76. The highest BCUT2D eigenvalue weighted by Gasteiger charge is 2.28. The van der Waals surface area contributed by atoms with Crippen LogP contribution in [0.2, 0.25) is 0 Å². The lowest BCUT2D eigenvalue weighted by Gasteiger charge is -2.29. The molecule has 0 saturated carbocycles. The molecule has 0 amide bonds. The minimum atomic E-state index is -0.796. The van der Waals surface area contributed by atoms with Gasteiger partial charge < -0.3 is 14.9 Å². The van der Waals surface area contributed by atoms with Gasteiger partial charge in [-0.05, 0) is 46.3 Å². The molecule has 0 saturated heterocycles. The third-order valence-electron chi connectivity index (χ3n) is 8.39. The standard InChI is InChI=1S/C37H66O4/c1-8-9-10-11-12-13-14-15-16-17-18-19-20-21-22-23-25-41-26-24-30(29-34(38)39)31-27-32(36(2,3)4)35(40)33(28-31)37(5,6)7/h27-28,30,40H,8-26,29H2,1-7H3,(H,38,39). The van der Waals surface area contributed by atoms with E-state index in [0.717, 1.165) is 29.7 Å².